The van der Waals surface area contributed by atoms with E-state index in [2.05, 4.69) is 55.9 Å². The molecule has 0 unspecified atom stereocenters. The standard InChI is InChI=1S/C18H25N3/c1-12(2)17-15-7-5-6-10-19-18(15)21(20-17)16-9-8-13(3)11-14(16)4/h8-9,11-12,19H,5-7,10H2,1-4H3. The molecule has 0 bridgehead atoms. The van der Waals surface area contributed by atoms with Crippen LogP contribution >= 0.6 is 0 Å². The highest BCUT2D eigenvalue weighted by Gasteiger charge is 2.22. The smallest absolute Gasteiger partial charge is 0.133 e. The SMILES string of the molecule is Cc1ccc(-n2nc(C(C)C)c3c2NCCCC3)c(C)c1. The van der Waals surface area contributed by atoms with Crippen molar-refractivity contribution in [1.82, 2.24) is 9.78 Å². The molecular weight excluding hydrogens is 258 g/mol. The molecule has 1 N–H and O–H groups in total. The summed E-state index contributed by atoms with van der Waals surface area (Å²) in [6.45, 7) is 9.82. The highest BCUT2D eigenvalue weighted by atomic mass is 15.3. The lowest BCUT2D eigenvalue weighted by Crippen LogP contribution is -2.08. The molecule has 0 radical (unpaired) electrons. The number of benzene rings is 1. The molecule has 0 spiro atoms. The van der Waals surface area contributed by atoms with Crippen LogP contribution in [0, 0.1) is 13.8 Å². The van der Waals surface area contributed by atoms with Crippen molar-refractivity contribution in [1.29, 1.82) is 0 Å². The van der Waals surface area contributed by atoms with Gasteiger partial charge in [-0.25, -0.2) is 4.68 Å². The quantitative estimate of drug-likeness (QED) is 0.887. The second kappa shape index (κ2) is 5.55. The van der Waals surface area contributed by atoms with E-state index >= 15 is 0 Å². The van der Waals surface area contributed by atoms with Crippen molar-refractivity contribution in [2.75, 3.05) is 11.9 Å². The Hall–Kier alpha value is -1.77. The second-order valence-corrected chi connectivity index (χ2v) is 6.45. The predicted octanol–water partition coefficient (Wildman–Crippen LogP) is 4.36. The molecule has 3 nitrogen and oxygen atoms in total. The van der Waals surface area contributed by atoms with Gasteiger partial charge in [0.15, 0.2) is 0 Å². The number of nitrogens with one attached hydrogen (secondary N) is 1. The molecule has 0 saturated heterocycles. The average Bonchev–Trinajstić information content (AvgIpc) is 2.63. The van der Waals surface area contributed by atoms with Gasteiger partial charge in [0.2, 0.25) is 0 Å². The molecule has 2 aromatic rings. The minimum atomic E-state index is 0.464. The molecule has 1 aromatic carbocycles. The van der Waals surface area contributed by atoms with E-state index in [1.54, 1.807) is 0 Å². The molecule has 3 heteroatoms. The number of nitrogens with zero attached hydrogens (tertiary/aromatic N) is 2. The summed E-state index contributed by atoms with van der Waals surface area (Å²) < 4.78 is 2.13. The number of aromatic nitrogens is 2. The van der Waals surface area contributed by atoms with Gasteiger partial charge in [0.25, 0.3) is 0 Å². The van der Waals surface area contributed by atoms with E-state index in [1.165, 1.54) is 46.7 Å². The molecule has 112 valence electrons. The minimum absolute atomic E-state index is 0.464. The molecule has 1 aliphatic rings. The van der Waals surface area contributed by atoms with Gasteiger partial charge >= 0.3 is 0 Å². The van der Waals surface area contributed by atoms with Crippen LogP contribution in [-0.2, 0) is 6.42 Å². The van der Waals surface area contributed by atoms with Crippen LogP contribution in [0.4, 0.5) is 5.82 Å². The van der Waals surface area contributed by atoms with E-state index in [0.29, 0.717) is 5.92 Å². The number of hydrogen-bond donors (Lipinski definition) is 1. The Morgan fingerprint density at radius 1 is 1.19 bits per heavy atom. The number of aryl methyl sites for hydroxylation is 2. The van der Waals surface area contributed by atoms with Crippen LogP contribution in [0.2, 0.25) is 0 Å². The van der Waals surface area contributed by atoms with Crippen LogP contribution in [0.15, 0.2) is 18.2 Å². The first-order valence-corrected chi connectivity index (χ1v) is 8.01. The first kappa shape index (κ1) is 14.2. The zero-order valence-electron chi connectivity index (χ0n) is 13.5. The monoisotopic (exact) mass is 283 g/mol. The maximum atomic E-state index is 4.95. The third kappa shape index (κ3) is 2.57. The van der Waals surface area contributed by atoms with E-state index in [-0.39, 0.29) is 0 Å². The molecule has 0 aliphatic carbocycles. The molecule has 1 aliphatic heterocycles. The maximum absolute atomic E-state index is 4.95. The van der Waals surface area contributed by atoms with Crippen LogP contribution < -0.4 is 5.32 Å². The number of rotatable bonds is 2. The predicted molar refractivity (Wildman–Crippen MR) is 88.6 cm³/mol. The molecule has 0 fully saturated rings. The summed E-state index contributed by atoms with van der Waals surface area (Å²) in [4.78, 5) is 0. The van der Waals surface area contributed by atoms with E-state index in [1.807, 2.05) is 0 Å². The van der Waals surface area contributed by atoms with Crippen LogP contribution in [0.5, 0.6) is 0 Å². The molecule has 0 amide bonds. The van der Waals surface area contributed by atoms with Crippen molar-refractivity contribution in [3.05, 3.63) is 40.6 Å². The summed E-state index contributed by atoms with van der Waals surface area (Å²) in [5.41, 5.74) is 6.44. The molecule has 1 aromatic heterocycles. The fourth-order valence-corrected chi connectivity index (χ4v) is 3.21. The van der Waals surface area contributed by atoms with Gasteiger partial charge in [-0.1, -0.05) is 31.5 Å². The van der Waals surface area contributed by atoms with Gasteiger partial charge < -0.3 is 5.32 Å². The summed E-state index contributed by atoms with van der Waals surface area (Å²) in [5, 5.41) is 8.56. The Bertz CT molecular complexity index is 653. The van der Waals surface area contributed by atoms with Gasteiger partial charge in [0.05, 0.1) is 11.4 Å². The van der Waals surface area contributed by atoms with E-state index in [4.69, 9.17) is 5.10 Å². The van der Waals surface area contributed by atoms with Gasteiger partial charge in [-0.2, -0.15) is 5.10 Å². The lowest BCUT2D eigenvalue weighted by atomic mass is 10.0. The summed E-state index contributed by atoms with van der Waals surface area (Å²) in [7, 11) is 0. The summed E-state index contributed by atoms with van der Waals surface area (Å²) in [6, 6.07) is 6.59. The molecule has 21 heavy (non-hydrogen) atoms. The van der Waals surface area contributed by atoms with Gasteiger partial charge in [0.1, 0.15) is 5.82 Å². The molecule has 0 saturated carbocycles. The first-order chi connectivity index (χ1) is 10.1. The largest absolute Gasteiger partial charge is 0.370 e. The number of fused-ring (bicyclic) bond motifs is 1. The third-order valence-electron chi connectivity index (χ3n) is 4.29. The lowest BCUT2D eigenvalue weighted by Gasteiger charge is -2.12. The first-order valence-electron chi connectivity index (χ1n) is 8.01. The Morgan fingerprint density at radius 2 is 2.00 bits per heavy atom. The van der Waals surface area contributed by atoms with Crippen molar-refractivity contribution < 1.29 is 0 Å². The minimum Gasteiger partial charge on any atom is -0.370 e. The van der Waals surface area contributed by atoms with Crippen LogP contribution in [-0.4, -0.2) is 16.3 Å². The Labute approximate surface area is 127 Å². The van der Waals surface area contributed by atoms with Crippen LogP contribution in [0.25, 0.3) is 5.69 Å². The van der Waals surface area contributed by atoms with Gasteiger partial charge in [-0.05, 0) is 50.7 Å². The summed E-state index contributed by atoms with van der Waals surface area (Å²) in [5.74, 6) is 1.67. The van der Waals surface area contributed by atoms with Gasteiger partial charge in [-0.15, -0.1) is 0 Å². The normalized spacial score (nSPS) is 14.7. The van der Waals surface area contributed by atoms with Crippen molar-refractivity contribution in [3.8, 4) is 5.69 Å². The second-order valence-electron chi connectivity index (χ2n) is 6.45. The Balaban J connectivity index is 2.18. The highest BCUT2D eigenvalue weighted by molar-refractivity contribution is 5.56. The number of hydrogen-bond acceptors (Lipinski definition) is 2. The number of anilines is 1. The van der Waals surface area contributed by atoms with Crippen LogP contribution in [0.3, 0.4) is 0 Å². The zero-order valence-corrected chi connectivity index (χ0v) is 13.5. The molecule has 2 heterocycles. The van der Waals surface area contributed by atoms with Crippen molar-refractivity contribution in [2.24, 2.45) is 0 Å². The van der Waals surface area contributed by atoms with Crippen molar-refractivity contribution in [3.63, 3.8) is 0 Å². The van der Waals surface area contributed by atoms with Crippen molar-refractivity contribution in [2.45, 2.75) is 52.9 Å². The third-order valence-corrected chi connectivity index (χ3v) is 4.29. The summed E-state index contributed by atoms with van der Waals surface area (Å²) in [6.07, 6.45) is 3.62. The zero-order chi connectivity index (χ0) is 15.0. The maximum Gasteiger partial charge on any atom is 0.133 e. The molecular formula is C18H25N3. The van der Waals surface area contributed by atoms with Crippen LogP contribution in [0.1, 0.15) is 55.0 Å². The topological polar surface area (TPSA) is 29.9 Å². The van der Waals surface area contributed by atoms with E-state index in [9.17, 15) is 0 Å². The van der Waals surface area contributed by atoms with E-state index < -0.39 is 0 Å². The van der Waals surface area contributed by atoms with E-state index in [0.717, 1.165) is 13.0 Å². The fourth-order valence-electron chi connectivity index (χ4n) is 3.21. The van der Waals surface area contributed by atoms with Gasteiger partial charge in [0, 0.05) is 12.1 Å². The average molecular weight is 283 g/mol. The van der Waals surface area contributed by atoms with Gasteiger partial charge in [-0.3, -0.25) is 0 Å². The Morgan fingerprint density at radius 3 is 2.71 bits per heavy atom. The Kier molecular flexibility index (Phi) is 3.75. The lowest BCUT2D eigenvalue weighted by molar-refractivity contribution is 0.730. The highest BCUT2D eigenvalue weighted by Crippen LogP contribution is 2.32. The molecule has 3 rings (SSSR count). The fraction of sp³-hybridized carbons (Fsp3) is 0.500. The molecule has 0 atom stereocenters. The van der Waals surface area contributed by atoms with Crippen molar-refractivity contribution >= 4 is 5.82 Å². The summed E-state index contributed by atoms with van der Waals surface area (Å²) >= 11 is 0.